The van der Waals surface area contributed by atoms with Gasteiger partial charge in [0.25, 0.3) is 0 Å². The van der Waals surface area contributed by atoms with Gasteiger partial charge in [0.05, 0.1) is 37.8 Å². The average molecular weight is 481 g/mol. The van der Waals surface area contributed by atoms with Crippen LogP contribution in [0.25, 0.3) is 76.7 Å². The maximum atomic E-state index is 9.27. The molecule has 2 nitrogen and oxygen atoms in total. The zero-order valence-electron chi connectivity index (χ0n) is 37.8. The second-order valence-electron chi connectivity index (χ2n) is 7.79. The fourth-order valence-electron chi connectivity index (χ4n) is 4.57. The first-order valence-electron chi connectivity index (χ1n) is 20.6. The largest absolute Gasteiger partial charge is 0.464 e. The van der Waals surface area contributed by atoms with Gasteiger partial charge in [-0.3, -0.25) is 0 Å². The minimum Gasteiger partial charge on any atom is -0.464 e. The first-order valence-corrected chi connectivity index (χ1v) is 10.6. The van der Waals surface area contributed by atoms with Crippen molar-refractivity contribution in [2.75, 3.05) is 0 Å². The van der Waals surface area contributed by atoms with Crippen LogP contribution in [0.15, 0.2) is 130 Å². The molecule has 0 saturated heterocycles. The van der Waals surface area contributed by atoms with Crippen LogP contribution >= 0.6 is 0 Å². The van der Waals surface area contributed by atoms with Crippen LogP contribution in [0.3, 0.4) is 0 Å². The SMILES string of the molecule is [2H]c1oc2c(-c3c4c([2H])c([2H])c([2H])c([2H])c4c(-c4c([2H])c([2H])c([2H])c([2H])c4[2H])c4c([2H])c([2H])c([2H])c([2H])c34)c3oc4c([2H])c([2H])c([2H])c([2H])c4c3c([2H])c2c1[2H]. The maximum absolute atomic E-state index is 9.27. The number of rotatable bonds is 2. The van der Waals surface area contributed by atoms with Gasteiger partial charge in [-0.15, -0.1) is 0 Å². The molecule has 0 aliphatic carbocycles. The third-order valence-corrected chi connectivity index (χ3v) is 5.97. The van der Waals surface area contributed by atoms with Crippen molar-refractivity contribution < 1.29 is 36.2 Å². The van der Waals surface area contributed by atoms with E-state index in [1.54, 1.807) is 0 Å². The Morgan fingerprint density at radius 1 is 0.472 bits per heavy atom. The van der Waals surface area contributed by atoms with Crippen molar-refractivity contribution in [3.8, 4) is 22.3 Å². The summed E-state index contributed by atoms with van der Waals surface area (Å²) in [7, 11) is 0. The minimum absolute atomic E-state index is 0.334. The molecule has 36 heavy (non-hydrogen) atoms. The molecule has 0 bridgehead atoms. The van der Waals surface area contributed by atoms with Crippen molar-refractivity contribution in [3.05, 3.63) is 121 Å². The van der Waals surface area contributed by atoms with E-state index < -0.39 is 187 Å². The van der Waals surface area contributed by atoms with E-state index in [4.69, 9.17) is 29.4 Å². The van der Waals surface area contributed by atoms with Crippen LogP contribution in [0.4, 0.5) is 0 Å². The lowest BCUT2D eigenvalue weighted by Gasteiger charge is -2.18. The van der Waals surface area contributed by atoms with Gasteiger partial charge in [0.2, 0.25) is 0 Å². The van der Waals surface area contributed by atoms with Gasteiger partial charge in [0.15, 0.2) is 0 Å². The molecule has 0 fully saturated rings. The second kappa shape index (κ2) is 7.34. The predicted molar refractivity (Wildman–Crippen MR) is 149 cm³/mol. The van der Waals surface area contributed by atoms with Gasteiger partial charge in [-0.05, 0) is 50.8 Å². The topological polar surface area (TPSA) is 26.3 Å². The molecule has 6 aromatic carbocycles. The summed E-state index contributed by atoms with van der Waals surface area (Å²) in [6, 6.07) is -15.1. The highest BCUT2D eigenvalue weighted by molar-refractivity contribution is 6.27. The van der Waals surface area contributed by atoms with Gasteiger partial charge in [-0.25, -0.2) is 0 Å². The zero-order valence-corrected chi connectivity index (χ0v) is 17.8. The summed E-state index contributed by atoms with van der Waals surface area (Å²) in [5, 5.41) is -3.33. The Hall–Kier alpha value is -4.82. The van der Waals surface area contributed by atoms with E-state index >= 15 is 0 Å². The van der Waals surface area contributed by atoms with Crippen LogP contribution < -0.4 is 0 Å². The fraction of sp³-hybridized carbons (Fsp3) is 0. The molecular formula is C34H20O2. The van der Waals surface area contributed by atoms with Gasteiger partial charge in [-0.1, -0.05) is 96.7 Å². The van der Waals surface area contributed by atoms with Crippen LogP contribution in [0.5, 0.6) is 0 Å². The third kappa shape index (κ3) is 2.61. The van der Waals surface area contributed by atoms with E-state index in [1.807, 2.05) is 0 Å². The molecular weight excluding hydrogens is 440 g/mol. The number of para-hydroxylation sites is 1. The summed E-state index contributed by atoms with van der Waals surface area (Å²) >= 11 is 0. The maximum Gasteiger partial charge on any atom is 0.147 e. The van der Waals surface area contributed by atoms with Gasteiger partial charge in [0, 0.05) is 21.7 Å². The molecule has 8 aromatic rings. The Bertz CT molecular complexity index is 3090. The molecule has 2 heteroatoms. The summed E-state index contributed by atoms with van der Waals surface area (Å²) in [6.07, 6.45) is -0.804. The van der Waals surface area contributed by atoms with Crippen molar-refractivity contribution in [2.45, 2.75) is 0 Å². The molecule has 0 spiro atoms. The second-order valence-corrected chi connectivity index (χ2v) is 7.79. The van der Waals surface area contributed by atoms with Crippen LogP contribution in [0, 0.1) is 0 Å². The van der Waals surface area contributed by atoms with Gasteiger partial charge >= 0.3 is 0 Å². The number of hydrogen-bond acceptors (Lipinski definition) is 2. The highest BCUT2D eigenvalue weighted by Gasteiger charge is 2.23. The monoisotopic (exact) mass is 480 g/mol. The van der Waals surface area contributed by atoms with E-state index in [-0.39, 0.29) is 10.8 Å². The van der Waals surface area contributed by atoms with Crippen molar-refractivity contribution in [1.82, 2.24) is 0 Å². The highest BCUT2D eigenvalue weighted by Crippen LogP contribution is 2.48. The first-order chi connectivity index (χ1) is 26.2. The lowest BCUT2D eigenvalue weighted by atomic mass is 9.85. The van der Waals surface area contributed by atoms with E-state index in [0.29, 0.717) is 0 Å². The Kier molecular flexibility index (Phi) is 1.71. The Morgan fingerprint density at radius 3 is 1.75 bits per heavy atom. The Morgan fingerprint density at radius 2 is 1.06 bits per heavy atom. The van der Waals surface area contributed by atoms with Crippen molar-refractivity contribution in [2.24, 2.45) is 0 Å². The average Bonchev–Trinajstić information content (AvgIpc) is 3.71. The van der Waals surface area contributed by atoms with Crippen LogP contribution in [0.2, 0.25) is 0 Å². The zero-order chi connectivity index (χ0) is 41.0. The Balaban J connectivity index is 1.84. The summed E-state index contributed by atoms with van der Waals surface area (Å²) in [5.74, 6) is 0. The molecule has 0 amide bonds. The molecule has 0 unspecified atom stereocenters. The molecule has 8 rings (SSSR count). The quantitative estimate of drug-likeness (QED) is 0.230. The van der Waals surface area contributed by atoms with E-state index in [0.717, 1.165) is 0 Å². The molecule has 0 saturated carbocycles. The summed E-state index contributed by atoms with van der Waals surface area (Å²) in [5.41, 5.74) is -3.64. The lowest BCUT2D eigenvalue weighted by Crippen LogP contribution is -1.91. The van der Waals surface area contributed by atoms with Crippen molar-refractivity contribution in [1.29, 1.82) is 0 Å². The van der Waals surface area contributed by atoms with Crippen molar-refractivity contribution in [3.63, 3.8) is 0 Å². The number of fused-ring (bicyclic) bond motifs is 6. The molecule has 0 N–H and O–H groups in total. The van der Waals surface area contributed by atoms with Gasteiger partial charge < -0.3 is 8.83 Å². The number of hydrogen-bond donors (Lipinski definition) is 0. The van der Waals surface area contributed by atoms with Crippen LogP contribution in [-0.2, 0) is 0 Å². The van der Waals surface area contributed by atoms with Crippen molar-refractivity contribution >= 4 is 54.5 Å². The van der Waals surface area contributed by atoms with Crippen LogP contribution in [-0.4, -0.2) is 0 Å². The normalized spacial score (nSPS) is 19.7. The summed E-state index contributed by atoms with van der Waals surface area (Å²) < 4.78 is 187. The minimum atomic E-state index is -0.869. The highest BCUT2D eigenvalue weighted by atomic mass is 16.3. The first kappa shape index (κ1) is 8.39. The lowest BCUT2D eigenvalue weighted by molar-refractivity contribution is 0.615. The van der Waals surface area contributed by atoms with E-state index in [1.165, 1.54) is 0 Å². The smallest absolute Gasteiger partial charge is 0.147 e. The molecule has 0 aliphatic heterocycles. The summed E-state index contributed by atoms with van der Waals surface area (Å²) in [4.78, 5) is 0. The molecule has 2 aromatic heterocycles. The van der Waals surface area contributed by atoms with E-state index in [2.05, 4.69) is 0 Å². The number of benzene rings is 6. The fourth-order valence-corrected chi connectivity index (χ4v) is 4.57. The third-order valence-electron chi connectivity index (χ3n) is 5.97. The van der Waals surface area contributed by atoms with Gasteiger partial charge in [0.1, 0.15) is 18.1 Å². The molecule has 0 aliphatic rings. The molecule has 168 valence electrons. The van der Waals surface area contributed by atoms with Crippen LogP contribution in [0.1, 0.15) is 27.4 Å². The van der Waals surface area contributed by atoms with Gasteiger partial charge in [-0.2, -0.15) is 0 Å². The number of furan rings is 2. The summed E-state index contributed by atoms with van der Waals surface area (Å²) in [6.45, 7) is 0. The predicted octanol–water partition coefficient (Wildman–Crippen LogP) is 9.97. The molecule has 0 atom stereocenters. The standard InChI is InChI=1S/C34H20O2/c1-2-10-21(11-3-1)30-24-13-4-6-15-26(24)31(27-16-7-5-14-25(27)30)32-33-22(18-19-35-33)20-28-23-12-8-9-17-29(23)36-34(28)32/h1-20H/i1D,2D,3D,4D,5D,6D,7D,8D,9D,10D,11D,12D,13D,14D,15D,16D,17D,18D,19D,20D. The van der Waals surface area contributed by atoms with E-state index in [9.17, 15) is 6.85 Å². The molecule has 2 heterocycles. The Labute approximate surface area is 235 Å². The molecule has 0 radical (unpaired) electrons.